The van der Waals surface area contributed by atoms with Gasteiger partial charge in [-0.1, -0.05) is 22.9 Å². The molecule has 2 aliphatic rings. The first kappa shape index (κ1) is 13.3. The van der Waals surface area contributed by atoms with Gasteiger partial charge in [-0.25, -0.2) is 0 Å². The van der Waals surface area contributed by atoms with Crippen LogP contribution >= 0.6 is 15.9 Å². The van der Waals surface area contributed by atoms with E-state index in [4.69, 9.17) is 4.74 Å². The largest absolute Gasteiger partial charge is 0.378 e. The Labute approximate surface area is 112 Å². The van der Waals surface area contributed by atoms with Gasteiger partial charge >= 0.3 is 0 Å². The molecule has 3 nitrogen and oxygen atoms in total. The molecule has 1 aliphatic heterocycles. The second-order valence-electron chi connectivity index (χ2n) is 5.54. The zero-order valence-electron chi connectivity index (χ0n) is 10.7. The molecule has 1 saturated carbocycles. The van der Waals surface area contributed by atoms with Gasteiger partial charge in [0.15, 0.2) is 0 Å². The molecule has 0 radical (unpaired) electrons. The second-order valence-corrected chi connectivity index (χ2v) is 6.72. The molecule has 4 heteroatoms. The molecule has 0 N–H and O–H groups in total. The van der Waals surface area contributed by atoms with Crippen molar-refractivity contribution in [3.8, 4) is 0 Å². The average Bonchev–Trinajstić information content (AvgIpc) is 2.27. The minimum Gasteiger partial charge on any atom is -0.378 e. The smallest absolute Gasteiger partial charge is 0.225 e. The van der Waals surface area contributed by atoms with Crippen LogP contribution in [0.2, 0.25) is 0 Å². The summed E-state index contributed by atoms with van der Waals surface area (Å²) in [5, 5.41) is 0. The number of carbonyl (C=O) groups excluding carboxylic acids is 1. The van der Waals surface area contributed by atoms with Crippen LogP contribution in [0.1, 0.15) is 39.0 Å². The zero-order valence-corrected chi connectivity index (χ0v) is 12.3. The Morgan fingerprint density at radius 1 is 1.53 bits per heavy atom. The fraction of sp³-hybridized carbons (Fsp3) is 0.923. The van der Waals surface area contributed by atoms with Crippen molar-refractivity contribution in [1.82, 2.24) is 4.90 Å². The van der Waals surface area contributed by atoms with E-state index < -0.39 is 0 Å². The number of amides is 1. The molecule has 0 spiro atoms. The SMILES string of the molecule is COC1(CC(=O)N2CCC(C)C(Br)C2)CCC1. The van der Waals surface area contributed by atoms with E-state index in [0.29, 0.717) is 17.2 Å². The number of nitrogens with zero attached hydrogens (tertiary/aromatic N) is 1. The van der Waals surface area contributed by atoms with Gasteiger partial charge < -0.3 is 9.64 Å². The second kappa shape index (κ2) is 5.27. The van der Waals surface area contributed by atoms with Crippen LogP contribution in [-0.2, 0) is 9.53 Å². The van der Waals surface area contributed by atoms with Crippen LogP contribution in [0.25, 0.3) is 0 Å². The zero-order chi connectivity index (χ0) is 12.5. The summed E-state index contributed by atoms with van der Waals surface area (Å²) in [7, 11) is 1.73. The minimum absolute atomic E-state index is 0.137. The maximum atomic E-state index is 12.2. The van der Waals surface area contributed by atoms with Crippen LogP contribution in [-0.4, -0.2) is 41.4 Å². The van der Waals surface area contributed by atoms with Crippen molar-refractivity contribution in [3.05, 3.63) is 0 Å². The number of halogens is 1. The Hall–Kier alpha value is -0.0900. The molecule has 2 atom stereocenters. The van der Waals surface area contributed by atoms with Gasteiger partial charge in [0.2, 0.25) is 5.91 Å². The predicted molar refractivity (Wildman–Crippen MR) is 71.3 cm³/mol. The topological polar surface area (TPSA) is 29.5 Å². The lowest BCUT2D eigenvalue weighted by atomic mass is 9.77. The number of hydrogen-bond donors (Lipinski definition) is 0. The number of ether oxygens (including phenoxy) is 1. The van der Waals surface area contributed by atoms with Crippen LogP contribution in [0.4, 0.5) is 0 Å². The number of alkyl halides is 1. The molecular formula is C13H22BrNO2. The predicted octanol–water partition coefficient (Wildman–Crippen LogP) is 2.58. The maximum absolute atomic E-state index is 12.2. The normalized spacial score (nSPS) is 32.1. The molecule has 17 heavy (non-hydrogen) atoms. The molecule has 1 aliphatic carbocycles. The van der Waals surface area contributed by atoms with Crippen LogP contribution in [0.5, 0.6) is 0 Å². The Balaban J connectivity index is 1.88. The van der Waals surface area contributed by atoms with E-state index in [1.807, 2.05) is 4.90 Å². The highest BCUT2D eigenvalue weighted by Crippen LogP contribution is 2.38. The molecule has 1 heterocycles. The monoisotopic (exact) mass is 303 g/mol. The first-order valence-electron chi connectivity index (χ1n) is 6.53. The van der Waals surface area contributed by atoms with Crippen molar-refractivity contribution < 1.29 is 9.53 Å². The van der Waals surface area contributed by atoms with Gasteiger partial charge in [0.1, 0.15) is 0 Å². The van der Waals surface area contributed by atoms with Crippen LogP contribution in [0.15, 0.2) is 0 Å². The van der Waals surface area contributed by atoms with Gasteiger partial charge in [0.25, 0.3) is 0 Å². The van der Waals surface area contributed by atoms with Crippen molar-refractivity contribution in [2.75, 3.05) is 20.2 Å². The first-order chi connectivity index (χ1) is 8.06. The standard InChI is InChI=1S/C13H22BrNO2/c1-10-4-7-15(9-11(10)14)12(16)8-13(17-2)5-3-6-13/h10-11H,3-9H2,1-2H3. The Kier molecular flexibility index (Phi) is 4.14. The minimum atomic E-state index is -0.137. The van der Waals surface area contributed by atoms with E-state index in [2.05, 4.69) is 22.9 Å². The summed E-state index contributed by atoms with van der Waals surface area (Å²) in [6, 6.07) is 0. The highest BCUT2D eigenvalue weighted by Gasteiger charge is 2.40. The lowest BCUT2D eigenvalue weighted by Gasteiger charge is -2.42. The van der Waals surface area contributed by atoms with Crippen molar-refractivity contribution in [3.63, 3.8) is 0 Å². The lowest BCUT2D eigenvalue weighted by molar-refractivity contribution is -0.145. The highest BCUT2D eigenvalue weighted by molar-refractivity contribution is 9.09. The van der Waals surface area contributed by atoms with Gasteiger partial charge in [-0.2, -0.15) is 0 Å². The number of carbonyl (C=O) groups is 1. The van der Waals surface area contributed by atoms with E-state index in [0.717, 1.165) is 32.4 Å². The molecule has 1 amide bonds. The molecule has 98 valence electrons. The van der Waals surface area contributed by atoms with Crippen LogP contribution < -0.4 is 0 Å². The third-order valence-corrected chi connectivity index (χ3v) is 5.58. The summed E-state index contributed by atoms with van der Waals surface area (Å²) in [6.45, 7) is 3.99. The van der Waals surface area contributed by atoms with Gasteiger partial charge in [0.05, 0.1) is 12.0 Å². The van der Waals surface area contributed by atoms with Crippen LogP contribution in [0.3, 0.4) is 0 Å². The maximum Gasteiger partial charge on any atom is 0.225 e. The summed E-state index contributed by atoms with van der Waals surface area (Å²) >= 11 is 3.66. The Bertz CT molecular complexity index is 286. The molecular weight excluding hydrogens is 282 g/mol. The van der Waals surface area contributed by atoms with Crippen molar-refractivity contribution >= 4 is 21.8 Å². The highest BCUT2D eigenvalue weighted by atomic mass is 79.9. The quantitative estimate of drug-likeness (QED) is 0.750. The number of likely N-dealkylation sites (tertiary alicyclic amines) is 1. The first-order valence-corrected chi connectivity index (χ1v) is 7.45. The molecule has 2 fully saturated rings. The van der Waals surface area contributed by atoms with E-state index in [1.54, 1.807) is 7.11 Å². The van der Waals surface area contributed by atoms with Crippen LogP contribution in [0, 0.1) is 5.92 Å². The molecule has 0 aromatic rings. The number of hydrogen-bond acceptors (Lipinski definition) is 2. The van der Waals surface area contributed by atoms with E-state index in [-0.39, 0.29) is 11.5 Å². The summed E-state index contributed by atoms with van der Waals surface area (Å²) in [6.07, 6.45) is 4.94. The lowest BCUT2D eigenvalue weighted by Crippen LogP contribution is -2.49. The third kappa shape index (κ3) is 2.84. The summed E-state index contributed by atoms with van der Waals surface area (Å²) in [4.78, 5) is 14.7. The van der Waals surface area contributed by atoms with E-state index in [1.165, 1.54) is 6.42 Å². The van der Waals surface area contributed by atoms with E-state index in [9.17, 15) is 4.79 Å². The number of rotatable bonds is 3. The van der Waals surface area contributed by atoms with E-state index >= 15 is 0 Å². The molecule has 0 aromatic carbocycles. The summed E-state index contributed by atoms with van der Waals surface area (Å²) < 4.78 is 5.52. The number of piperidine rings is 1. The third-order valence-electron chi connectivity index (χ3n) is 4.39. The number of methoxy groups -OCH3 is 1. The Morgan fingerprint density at radius 3 is 2.71 bits per heavy atom. The molecule has 1 saturated heterocycles. The van der Waals surface area contributed by atoms with Crippen molar-refractivity contribution in [2.45, 2.75) is 49.5 Å². The summed E-state index contributed by atoms with van der Waals surface area (Å²) in [5.74, 6) is 0.932. The molecule has 0 bridgehead atoms. The van der Waals surface area contributed by atoms with Crippen molar-refractivity contribution in [1.29, 1.82) is 0 Å². The van der Waals surface area contributed by atoms with Gasteiger partial charge in [-0.15, -0.1) is 0 Å². The molecule has 2 rings (SSSR count). The Morgan fingerprint density at radius 2 is 2.24 bits per heavy atom. The van der Waals surface area contributed by atoms with Gasteiger partial charge in [-0.05, 0) is 31.6 Å². The average molecular weight is 304 g/mol. The molecule has 0 aromatic heterocycles. The summed E-state index contributed by atoms with van der Waals surface area (Å²) in [5.41, 5.74) is -0.137. The van der Waals surface area contributed by atoms with Gasteiger partial charge in [0, 0.05) is 25.0 Å². The fourth-order valence-electron chi connectivity index (χ4n) is 2.66. The fourth-order valence-corrected chi connectivity index (χ4v) is 3.27. The van der Waals surface area contributed by atoms with Crippen molar-refractivity contribution in [2.24, 2.45) is 5.92 Å². The molecule has 2 unspecified atom stereocenters. The van der Waals surface area contributed by atoms with Gasteiger partial charge in [-0.3, -0.25) is 4.79 Å².